The van der Waals surface area contributed by atoms with Crippen molar-refractivity contribution < 1.29 is 19.0 Å². The van der Waals surface area contributed by atoms with E-state index in [9.17, 15) is 9.50 Å². The second-order valence-corrected chi connectivity index (χ2v) is 5.92. The van der Waals surface area contributed by atoms with Gasteiger partial charge < -0.3 is 14.6 Å². The van der Waals surface area contributed by atoms with Crippen molar-refractivity contribution >= 4 is 0 Å². The molecule has 2 aliphatic rings. The molecule has 0 radical (unpaired) electrons. The van der Waals surface area contributed by atoms with Gasteiger partial charge in [0.15, 0.2) is 0 Å². The van der Waals surface area contributed by atoms with E-state index < -0.39 is 0 Å². The summed E-state index contributed by atoms with van der Waals surface area (Å²) in [4.78, 5) is 2.29. The van der Waals surface area contributed by atoms with Gasteiger partial charge in [0.05, 0.1) is 19.8 Å². The molecule has 1 N–H and O–H groups in total. The third kappa shape index (κ3) is 3.05. The van der Waals surface area contributed by atoms with Gasteiger partial charge in [0.25, 0.3) is 0 Å². The minimum atomic E-state index is -0.228. The van der Waals surface area contributed by atoms with Gasteiger partial charge in [-0.25, -0.2) is 4.39 Å². The van der Waals surface area contributed by atoms with Crippen LogP contribution in [0.2, 0.25) is 0 Å². The van der Waals surface area contributed by atoms with Gasteiger partial charge in [-0.15, -0.1) is 0 Å². The number of ether oxygens (including phenoxy) is 2. The number of halogens is 1. The number of hydrogen-bond acceptors (Lipinski definition) is 4. The average molecular weight is 295 g/mol. The van der Waals surface area contributed by atoms with E-state index >= 15 is 0 Å². The lowest BCUT2D eigenvalue weighted by Gasteiger charge is -2.37. The third-order valence-electron chi connectivity index (χ3n) is 4.64. The largest absolute Gasteiger partial charge is 0.497 e. The molecule has 3 atom stereocenters. The second-order valence-electron chi connectivity index (χ2n) is 5.92. The van der Waals surface area contributed by atoms with Crippen LogP contribution in [0.3, 0.4) is 0 Å². The molecule has 1 aliphatic heterocycles. The average Bonchev–Trinajstić information content (AvgIpc) is 2.93. The van der Waals surface area contributed by atoms with Gasteiger partial charge in [-0.1, -0.05) is 6.07 Å². The number of aliphatic hydroxyl groups is 1. The molecule has 0 unspecified atom stereocenters. The molecule has 116 valence electrons. The Balaban J connectivity index is 1.72. The van der Waals surface area contributed by atoms with Crippen molar-refractivity contribution in [2.24, 2.45) is 5.92 Å². The van der Waals surface area contributed by atoms with Crippen molar-refractivity contribution in [1.82, 2.24) is 4.90 Å². The van der Waals surface area contributed by atoms with Crippen LogP contribution < -0.4 is 4.74 Å². The highest BCUT2D eigenvalue weighted by atomic mass is 19.1. The lowest BCUT2D eigenvalue weighted by molar-refractivity contribution is -0.0593. The molecule has 0 aromatic heterocycles. The fourth-order valence-corrected chi connectivity index (χ4v) is 3.47. The monoisotopic (exact) mass is 295 g/mol. The normalized spacial score (nSPS) is 29.4. The van der Waals surface area contributed by atoms with E-state index in [4.69, 9.17) is 9.47 Å². The van der Waals surface area contributed by atoms with Gasteiger partial charge in [-0.05, 0) is 24.8 Å². The van der Waals surface area contributed by atoms with Crippen molar-refractivity contribution in [3.8, 4) is 5.75 Å². The van der Waals surface area contributed by atoms with Gasteiger partial charge in [0.2, 0.25) is 0 Å². The highest BCUT2D eigenvalue weighted by molar-refractivity contribution is 5.29. The zero-order chi connectivity index (χ0) is 14.8. The third-order valence-corrected chi connectivity index (χ3v) is 4.64. The number of hydrogen-bond donors (Lipinski definition) is 1. The summed E-state index contributed by atoms with van der Waals surface area (Å²) in [6.07, 6.45) is 2.01. The summed E-state index contributed by atoms with van der Waals surface area (Å²) >= 11 is 0. The molecular weight excluding hydrogens is 273 g/mol. The molecule has 1 aromatic carbocycles. The van der Waals surface area contributed by atoms with Gasteiger partial charge in [-0.2, -0.15) is 0 Å². The summed E-state index contributed by atoms with van der Waals surface area (Å²) in [6.45, 7) is 2.28. The van der Waals surface area contributed by atoms with E-state index in [-0.39, 0.29) is 24.6 Å². The van der Waals surface area contributed by atoms with Crippen molar-refractivity contribution in [1.29, 1.82) is 0 Å². The summed E-state index contributed by atoms with van der Waals surface area (Å²) in [5.74, 6) is 0.618. The quantitative estimate of drug-likeness (QED) is 0.920. The SMILES string of the molecule is COc1ccc(CN2CCO[C@H]3C[C@H](CO)C[C@@H]32)c(F)c1. The number of rotatable bonds is 4. The first-order valence-electron chi connectivity index (χ1n) is 7.50. The lowest BCUT2D eigenvalue weighted by atomic mass is 10.1. The van der Waals surface area contributed by atoms with Crippen LogP contribution >= 0.6 is 0 Å². The van der Waals surface area contributed by atoms with Crippen LogP contribution in [0, 0.1) is 11.7 Å². The molecule has 4 nitrogen and oxygen atoms in total. The number of aliphatic hydroxyl groups excluding tert-OH is 1. The predicted molar refractivity (Wildman–Crippen MR) is 76.7 cm³/mol. The van der Waals surface area contributed by atoms with Crippen LogP contribution in [0.5, 0.6) is 5.75 Å². The first-order chi connectivity index (χ1) is 10.2. The molecule has 3 rings (SSSR count). The number of benzene rings is 1. The molecule has 0 amide bonds. The Morgan fingerprint density at radius 2 is 2.29 bits per heavy atom. The molecule has 0 bridgehead atoms. The van der Waals surface area contributed by atoms with Gasteiger partial charge in [0.1, 0.15) is 11.6 Å². The second kappa shape index (κ2) is 6.30. The molecule has 1 saturated heterocycles. The van der Waals surface area contributed by atoms with Crippen molar-refractivity contribution in [2.45, 2.75) is 31.5 Å². The van der Waals surface area contributed by atoms with E-state index in [0.717, 1.165) is 19.4 Å². The fraction of sp³-hybridized carbons (Fsp3) is 0.625. The molecule has 1 aliphatic carbocycles. The zero-order valence-electron chi connectivity index (χ0n) is 12.3. The molecular formula is C16H22FNO3. The maximum atomic E-state index is 14.1. The minimum Gasteiger partial charge on any atom is -0.497 e. The van der Waals surface area contributed by atoms with Crippen molar-refractivity contribution in [3.63, 3.8) is 0 Å². The summed E-state index contributed by atoms with van der Waals surface area (Å²) in [6, 6.07) is 5.30. The van der Waals surface area contributed by atoms with E-state index in [2.05, 4.69) is 4.90 Å². The summed E-state index contributed by atoms with van der Waals surface area (Å²) in [5.41, 5.74) is 0.684. The van der Waals surface area contributed by atoms with Crippen LogP contribution in [0.4, 0.5) is 4.39 Å². The van der Waals surface area contributed by atoms with Crippen LogP contribution in [0.25, 0.3) is 0 Å². The zero-order valence-corrected chi connectivity index (χ0v) is 12.3. The van der Waals surface area contributed by atoms with Gasteiger partial charge >= 0.3 is 0 Å². The van der Waals surface area contributed by atoms with Gasteiger partial charge in [0, 0.05) is 37.4 Å². The standard InChI is InChI=1S/C16H22FNO3/c1-20-13-3-2-12(14(17)8-13)9-18-4-5-21-16-7-11(10-19)6-15(16)18/h2-3,8,11,15-16,19H,4-7,9-10H2,1H3/t11-,15+,16+/m1/s1. The first-order valence-corrected chi connectivity index (χ1v) is 7.50. The molecule has 1 heterocycles. The molecule has 2 fully saturated rings. The molecule has 5 heteroatoms. The lowest BCUT2D eigenvalue weighted by Crippen LogP contribution is -2.48. The van der Waals surface area contributed by atoms with Crippen LogP contribution in [0.15, 0.2) is 18.2 Å². The predicted octanol–water partition coefficient (Wildman–Crippen LogP) is 1.81. The fourth-order valence-electron chi connectivity index (χ4n) is 3.47. The van der Waals surface area contributed by atoms with Crippen LogP contribution in [-0.2, 0) is 11.3 Å². The Hall–Kier alpha value is -1.17. The summed E-state index contributed by atoms with van der Waals surface area (Å²) in [5, 5.41) is 9.34. The van der Waals surface area contributed by atoms with Crippen LogP contribution in [0.1, 0.15) is 18.4 Å². The van der Waals surface area contributed by atoms with Crippen LogP contribution in [-0.4, -0.2) is 49.0 Å². The number of nitrogens with zero attached hydrogens (tertiary/aromatic N) is 1. The van der Waals surface area contributed by atoms with E-state index in [1.165, 1.54) is 13.2 Å². The molecule has 0 spiro atoms. The Labute approximate surface area is 124 Å². The smallest absolute Gasteiger partial charge is 0.131 e. The Bertz CT molecular complexity index is 496. The Kier molecular flexibility index (Phi) is 4.42. The number of fused-ring (bicyclic) bond motifs is 1. The first kappa shape index (κ1) is 14.8. The van der Waals surface area contributed by atoms with Gasteiger partial charge in [-0.3, -0.25) is 4.90 Å². The molecule has 1 aromatic rings. The Morgan fingerprint density at radius 3 is 3.00 bits per heavy atom. The summed E-state index contributed by atoms with van der Waals surface area (Å²) in [7, 11) is 1.54. The maximum absolute atomic E-state index is 14.1. The molecule has 21 heavy (non-hydrogen) atoms. The van der Waals surface area contributed by atoms with E-state index in [1.807, 2.05) is 0 Å². The topological polar surface area (TPSA) is 41.9 Å². The van der Waals surface area contributed by atoms with E-state index in [0.29, 0.717) is 30.4 Å². The highest BCUT2D eigenvalue weighted by Gasteiger charge is 2.40. The molecule has 1 saturated carbocycles. The summed E-state index contributed by atoms with van der Waals surface area (Å²) < 4.78 is 24.9. The highest BCUT2D eigenvalue weighted by Crippen LogP contribution is 2.35. The van der Waals surface area contributed by atoms with Crippen molar-refractivity contribution in [3.05, 3.63) is 29.6 Å². The minimum absolute atomic E-state index is 0.178. The number of morpholine rings is 1. The Morgan fingerprint density at radius 1 is 1.43 bits per heavy atom. The van der Waals surface area contributed by atoms with E-state index in [1.54, 1.807) is 12.1 Å². The van der Waals surface area contributed by atoms with Crippen molar-refractivity contribution in [2.75, 3.05) is 26.9 Å². The number of methoxy groups -OCH3 is 1. The maximum Gasteiger partial charge on any atom is 0.131 e.